The minimum atomic E-state index is -0.192. The number of H-pyrrole nitrogens is 1. The average Bonchev–Trinajstić information content (AvgIpc) is 3.34. The first-order chi connectivity index (χ1) is 14.8. The Kier molecular flexibility index (Phi) is 6.58. The van der Waals surface area contributed by atoms with Crippen molar-refractivity contribution in [1.29, 1.82) is 0 Å². The largest absolute Gasteiger partial charge is 0.352 e. The third-order valence-electron chi connectivity index (χ3n) is 6.30. The summed E-state index contributed by atoms with van der Waals surface area (Å²) < 4.78 is 0. The van der Waals surface area contributed by atoms with Gasteiger partial charge in [-0.2, -0.15) is 5.10 Å². The van der Waals surface area contributed by atoms with E-state index in [1.807, 2.05) is 24.9 Å². The van der Waals surface area contributed by atoms with E-state index in [0.717, 1.165) is 43.5 Å². The summed E-state index contributed by atoms with van der Waals surface area (Å²) in [4.78, 5) is 27.5. The number of rotatable bonds is 6. The third-order valence-corrected chi connectivity index (χ3v) is 6.97. The minimum absolute atomic E-state index is 0.138. The van der Waals surface area contributed by atoms with E-state index in [9.17, 15) is 9.59 Å². The molecule has 0 radical (unpaired) electrons. The zero-order valence-electron chi connectivity index (χ0n) is 17.9. The standard InChI is InChI=1S/C23H28Cl2N4O2/c1-13(2)11-26-22(30)15-9-19(24)18(20(25)10-15)8-14-5-6-29(23(14)31)17-3-4-21-16(7-17)12-27-28-21/h9-10,12-14,17H,3-8,11H2,1-2H3,(H,26,30)(H,27,28). The van der Waals surface area contributed by atoms with Crippen LogP contribution in [0.3, 0.4) is 0 Å². The summed E-state index contributed by atoms with van der Waals surface area (Å²) >= 11 is 13.0. The van der Waals surface area contributed by atoms with Crippen molar-refractivity contribution in [3.05, 3.63) is 50.8 Å². The molecule has 2 aliphatic rings. The molecule has 8 heteroatoms. The Morgan fingerprint density at radius 3 is 2.74 bits per heavy atom. The van der Waals surface area contributed by atoms with Gasteiger partial charge >= 0.3 is 0 Å². The number of aryl methyl sites for hydroxylation is 1. The average molecular weight is 463 g/mol. The lowest BCUT2D eigenvalue weighted by atomic mass is 9.92. The maximum atomic E-state index is 13.2. The van der Waals surface area contributed by atoms with Crippen molar-refractivity contribution in [3.8, 4) is 0 Å². The predicted molar refractivity (Wildman–Crippen MR) is 122 cm³/mol. The summed E-state index contributed by atoms with van der Waals surface area (Å²) in [7, 11) is 0. The van der Waals surface area contributed by atoms with Crippen LogP contribution in [0.15, 0.2) is 18.3 Å². The van der Waals surface area contributed by atoms with Crippen LogP contribution in [0, 0.1) is 11.8 Å². The maximum absolute atomic E-state index is 13.2. The third kappa shape index (κ3) is 4.75. The summed E-state index contributed by atoms with van der Waals surface area (Å²) in [5.74, 6) is 0.196. The second-order valence-electron chi connectivity index (χ2n) is 9.00. The Morgan fingerprint density at radius 1 is 1.29 bits per heavy atom. The number of likely N-dealkylation sites (tertiary alicyclic amines) is 1. The Labute approximate surface area is 192 Å². The zero-order chi connectivity index (χ0) is 22.1. The maximum Gasteiger partial charge on any atom is 0.251 e. The number of carbonyl (C=O) groups excluding carboxylic acids is 2. The van der Waals surface area contributed by atoms with Gasteiger partial charge < -0.3 is 10.2 Å². The monoisotopic (exact) mass is 462 g/mol. The summed E-state index contributed by atoms with van der Waals surface area (Å²) in [6, 6.07) is 3.52. The quantitative estimate of drug-likeness (QED) is 0.679. The highest BCUT2D eigenvalue weighted by Crippen LogP contribution is 2.34. The van der Waals surface area contributed by atoms with Gasteiger partial charge in [0, 0.05) is 46.9 Å². The molecule has 1 aliphatic carbocycles. The van der Waals surface area contributed by atoms with Crippen LogP contribution in [0.1, 0.15) is 53.9 Å². The fourth-order valence-corrected chi connectivity index (χ4v) is 5.19. The molecule has 166 valence electrons. The molecule has 1 fully saturated rings. The van der Waals surface area contributed by atoms with Crippen molar-refractivity contribution in [2.45, 2.75) is 52.0 Å². The van der Waals surface area contributed by atoms with Gasteiger partial charge in [-0.3, -0.25) is 14.7 Å². The van der Waals surface area contributed by atoms with E-state index in [1.165, 1.54) is 5.56 Å². The number of aromatic nitrogens is 2. The van der Waals surface area contributed by atoms with Crippen molar-refractivity contribution in [2.24, 2.45) is 11.8 Å². The van der Waals surface area contributed by atoms with E-state index >= 15 is 0 Å². The molecular formula is C23H28Cl2N4O2. The number of nitrogens with one attached hydrogen (secondary N) is 2. The van der Waals surface area contributed by atoms with Gasteiger partial charge in [-0.1, -0.05) is 37.0 Å². The van der Waals surface area contributed by atoms with Gasteiger partial charge in [0.05, 0.1) is 5.69 Å². The molecule has 4 rings (SSSR count). The molecule has 1 aliphatic heterocycles. The van der Waals surface area contributed by atoms with Crippen LogP contribution < -0.4 is 5.32 Å². The first kappa shape index (κ1) is 22.2. The van der Waals surface area contributed by atoms with Crippen LogP contribution in [-0.4, -0.2) is 46.0 Å². The first-order valence-electron chi connectivity index (χ1n) is 10.9. The second-order valence-corrected chi connectivity index (χ2v) is 9.81. The number of fused-ring (bicyclic) bond motifs is 1. The molecule has 1 aromatic carbocycles. The van der Waals surface area contributed by atoms with Gasteiger partial charge in [0.25, 0.3) is 5.91 Å². The highest BCUT2D eigenvalue weighted by molar-refractivity contribution is 6.36. The second kappa shape index (κ2) is 9.21. The number of hydrogen-bond acceptors (Lipinski definition) is 3. The molecule has 2 unspecified atom stereocenters. The molecule has 2 aromatic rings. The van der Waals surface area contributed by atoms with Crippen LogP contribution in [0.25, 0.3) is 0 Å². The molecule has 1 aromatic heterocycles. The van der Waals surface area contributed by atoms with E-state index in [4.69, 9.17) is 23.2 Å². The Balaban J connectivity index is 1.42. The predicted octanol–water partition coefficient (Wildman–Crippen LogP) is 4.05. The normalized spacial score (nSPS) is 20.9. The molecule has 6 nitrogen and oxygen atoms in total. The molecule has 0 spiro atoms. The van der Waals surface area contributed by atoms with E-state index in [0.29, 0.717) is 34.5 Å². The van der Waals surface area contributed by atoms with E-state index in [-0.39, 0.29) is 23.8 Å². The van der Waals surface area contributed by atoms with Gasteiger partial charge in [0.2, 0.25) is 5.91 Å². The van der Waals surface area contributed by atoms with Crippen molar-refractivity contribution in [1.82, 2.24) is 20.4 Å². The lowest BCUT2D eigenvalue weighted by Gasteiger charge is -2.31. The molecule has 1 saturated heterocycles. The van der Waals surface area contributed by atoms with Crippen molar-refractivity contribution in [3.63, 3.8) is 0 Å². The van der Waals surface area contributed by atoms with E-state index < -0.39 is 0 Å². The molecular weight excluding hydrogens is 435 g/mol. The van der Waals surface area contributed by atoms with Crippen LogP contribution in [0.2, 0.25) is 10.0 Å². The number of nitrogens with zero attached hydrogens (tertiary/aromatic N) is 2. The highest BCUT2D eigenvalue weighted by atomic mass is 35.5. The van der Waals surface area contributed by atoms with Crippen LogP contribution in [-0.2, 0) is 24.1 Å². The Morgan fingerprint density at radius 2 is 2.03 bits per heavy atom. The van der Waals surface area contributed by atoms with Gasteiger partial charge in [-0.15, -0.1) is 0 Å². The van der Waals surface area contributed by atoms with E-state index in [2.05, 4.69) is 15.5 Å². The molecule has 31 heavy (non-hydrogen) atoms. The lowest BCUT2D eigenvalue weighted by molar-refractivity contribution is -0.133. The molecule has 2 amide bonds. The summed E-state index contributed by atoms with van der Waals surface area (Å²) in [5, 5.41) is 11.0. The summed E-state index contributed by atoms with van der Waals surface area (Å²) in [5.41, 5.74) is 3.52. The number of aromatic amines is 1. The van der Waals surface area contributed by atoms with Crippen LogP contribution >= 0.6 is 23.2 Å². The lowest BCUT2D eigenvalue weighted by Crippen LogP contribution is -2.41. The molecule has 0 bridgehead atoms. The van der Waals surface area contributed by atoms with Crippen molar-refractivity contribution in [2.75, 3.05) is 13.1 Å². The zero-order valence-corrected chi connectivity index (χ0v) is 19.4. The fourth-order valence-electron chi connectivity index (χ4n) is 4.55. The van der Waals surface area contributed by atoms with Gasteiger partial charge in [-0.05, 0) is 61.3 Å². The molecule has 2 heterocycles. The summed E-state index contributed by atoms with van der Waals surface area (Å²) in [6.45, 7) is 5.41. The summed E-state index contributed by atoms with van der Waals surface area (Å²) in [6.07, 6.45) is 5.92. The number of halogens is 2. The van der Waals surface area contributed by atoms with Gasteiger partial charge in [0.1, 0.15) is 0 Å². The fraction of sp³-hybridized carbons (Fsp3) is 0.522. The smallest absolute Gasteiger partial charge is 0.251 e. The Hall–Kier alpha value is -2.05. The van der Waals surface area contributed by atoms with Crippen LogP contribution in [0.4, 0.5) is 0 Å². The SMILES string of the molecule is CC(C)CNC(=O)c1cc(Cl)c(CC2CCN(C3CCc4n[nH]cc4C3)C2=O)c(Cl)c1. The van der Waals surface area contributed by atoms with Crippen LogP contribution in [0.5, 0.6) is 0 Å². The minimum Gasteiger partial charge on any atom is -0.352 e. The number of carbonyl (C=O) groups is 2. The molecule has 2 N–H and O–H groups in total. The number of amides is 2. The topological polar surface area (TPSA) is 78.1 Å². The van der Waals surface area contributed by atoms with Crippen molar-refractivity contribution < 1.29 is 9.59 Å². The number of benzene rings is 1. The first-order valence-corrected chi connectivity index (χ1v) is 11.7. The van der Waals surface area contributed by atoms with E-state index in [1.54, 1.807) is 12.1 Å². The molecule has 0 saturated carbocycles. The highest BCUT2D eigenvalue weighted by Gasteiger charge is 2.38. The Bertz CT molecular complexity index is 965. The molecule has 2 atom stereocenters. The number of hydrogen-bond donors (Lipinski definition) is 2. The van der Waals surface area contributed by atoms with Crippen molar-refractivity contribution >= 4 is 35.0 Å². The van der Waals surface area contributed by atoms with Gasteiger partial charge in [-0.25, -0.2) is 0 Å². The van der Waals surface area contributed by atoms with Gasteiger partial charge in [0.15, 0.2) is 0 Å².